The molecular weight excluding hydrogens is 298 g/mol. The van der Waals surface area contributed by atoms with Gasteiger partial charge >= 0.3 is 0 Å². The summed E-state index contributed by atoms with van der Waals surface area (Å²) in [6, 6.07) is 6.55. The molecule has 0 bridgehead atoms. The van der Waals surface area contributed by atoms with Crippen LogP contribution in [0.15, 0.2) is 24.3 Å². The molecule has 0 radical (unpaired) electrons. The molecule has 8 heteroatoms. The molecule has 1 aromatic carbocycles. The minimum Gasteiger partial charge on any atom is -0.350 e. The molecule has 1 aliphatic rings. The Kier molecular flexibility index (Phi) is 4.40. The van der Waals surface area contributed by atoms with Crippen LogP contribution in [0.4, 0.5) is 0 Å². The summed E-state index contributed by atoms with van der Waals surface area (Å²) in [5, 5.41) is 0. The van der Waals surface area contributed by atoms with Crippen LogP contribution in [-0.4, -0.2) is 50.8 Å². The fraction of sp³-hybridized carbons (Fsp3) is 0.385. The zero-order valence-corrected chi connectivity index (χ0v) is 12.4. The first-order valence-electron chi connectivity index (χ1n) is 6.24. The average molecular weight is 313 g/mol. The third kappa shape index (κ3) is 3.66. The summed E-state index contributed by atoms with van der Waals surface area (Å²) in [5.41, 5.74) is 0.728. The van der Waals surface area contributed by atoms with Gasteiger partial charge in [-0.3, -0.25) is 14.5 Å². The van der Waals surface area contributed by atoms with Crippen LogP contribution in [0.2, 0.25) is 0 Å². The van der Waals surface area contributed by atoms with E-state index in [0.29, 0.717) is 11.1 Å². The van der Waals surface area contributed by atoms with Crippen molar-refractivity contribution in [2.24, 2.45) is 0 Å². The fourth-order valence-electron chi connectivity index (χ4n) is 2.03. The number of hydrogen-bond donors (Lipinski definition) is 0. The molecule has 21 heavy (non-hydrogen) atoms. The van der Waals surface area contributed by atoms with Gasteiger partial charge in [0.05, 0.1) is 30.5 Å². The summed E-state index contributed by atoms with van der Waals surface area (Å²) in [4.78, 5) is 25.1. The molecule has 0 fully saturated rings. The number of amides is 2. The zero-order valence-electron chi connectivity index (χ0n) is 11.6. The quantitative estimate of drug-likeness (QED) is 0.434. The Morgan fingerprint density at radius 3 is 2.14 bits per heavy atom. The normalized spacial score (nSPS) is 16.2. The van der Waals surface area contributed by atoms with Crippen molar-refractivity contribution < 1.29 is 26.9 Å². The van der Waals surface area contributed by atoms with Crippen molar-refractivity contribution in [2.75, 3.05) is 19.4 Å². The van der Waals surface area contributed by atoms with Crippen molar-refractivity contribution in [1.29, 1.82) is 0 Å². The predicted molar refractivity (Wildman–Crippen MR) is 73.2 cm³/mol. The Labute approximate surface area is 122 Å². The summed E-state index contributed by atoms with van der Waals surface area (Å²) >= 11 is 0. The Hall–Kier alpha value is -1.77. The van der Waals surface area contributed by atoms with Gasteiger partial charge in [0.1, 0.15) is 0 Å². The molecule has 2 amide bonds. The van der Waals surface area contributed by atoms with Crippen molar-refractivity contribution in [3.8, 4) is 0 Å². The number of imide groups is 1. The Balaban J connectivity index is 1.91. The van der Waals surface area contributed by atoms with E-state index in [4.69, 9.17) is 4.74 Å². The van der Waals surface area contributed by atoms with E-state index in [-0.39, 0.29) is 25.0 Å². The third-order valence-corrected chi connectivity index (χ3v) is 3.48. The molecule has 114 valence electrons. The average Bonchev–Trinajstić information content (AvgIpc) is 2.62. The first kappa shape index (κ1) is 15.6. The maximum atomic E-state index is 12.0. The molecule has 0 spiro atoms. The number of hydrogen-bond acceptors (Lipinski definition) is 6. The molecule has 1 unspecified atom stereocenters. The first-order chi connectivity index (χ1) is 9.79. The van der Waals surface area contributed by atoms with Crippen molar-refractivity contribution in [3.05, 3.63) is 35.4 Å². The SMILES string of the molecule is CC(OCCN1C(=O)c2ccccc2C1=O)OS(C)(=O)=O. The lowest BCUT2D eigenvalue weighted by Crippen LogP contribution is -2.34. The summed E-state index contributed by atoms with van der Waals surface area (Å²) in [5.74, 6) is -0.758. The number of rotatable bonds is 6. The van der Waals surface area contributed by atoms with Crippen LogP contribution in [0.5, 0.6) is 0 Å². The second-order valence-electron chi connectivity index (χ2n) is 4.55. The molecule has 0 saturated heterocycles. The number of nitrogens with zero attached hydrogens (tertiary/aromatic N) is 1. The third-order valence-electron chi connectivity index (χ3n) is 2.86. The van der Waals surface area contributed by atoms with Crippen LogP contribution in [-0.2, 0) is 19.0 Å². The van der Waals surface area contributed by atoms with Crippen LogP contribution in [0.3, 0.4) is 0 Å². The maximum absolute atomic E-state index is 12.0. The van der Waals surface area contributed by atoms with Crippen molar-refractivity contribution >= 4 is 21.9 Å². The smallest absolute Gasteiger partial charge is 0.266 e. The van der Waals surface area contributed by atoms with Crippen molar-refractivity contribution in [1.82, 2.24) is 4.90 Å². The lowest BCUT2D eigenvalue weighted by atomic mass is 10.1. The Bertz CT molecular complexity index is 634. The van der Waals surface area contributed by atoms with Gasteiger partial charge in [0, 0.05) is 0 Å². The number of carbonyl (C=O) groups is 2. The highest BCUT2D eigenvalue weighted by atomic mass is 32.2. The number of ether oxygens (including phenoxy) is 1. The summed E-state index contributed by atoms with van der Waals surface area (Å²) in [7, 11) is -3.61. The van der Waals surface area contributed by atoms with Crippen molar-refractivity contribution in [3.63, 3.8) is 0 Å². The van der Waals surface area contributed by atoms with Crippen LogP contribution < -0.4 is 0 Å². The van der Waals surface area contributed by atoms with Crippen LogP contribution in [0.1, 0.15) is 27.6 Å². The van der Waals surface area contributed by atoms with E-state index >= 15 is 0 Å². The highest BCUT2D eigenvalue weighted by molar-refractivity contribution is 7.86. The van der Waals surface area contributed by atoms with Gasteiger partial charge in [-0.15, -0.1) is 0 Å². The summed E-state index contributed by atoms with van der Waals surface area (Å²) < 4.78 is 31.5. The lowest BCUT2D eigenvalue weighted by Gasteiger charge is -2.16. The van der Waals surface area contributed by atoms with Gasteiger partial charge in [0.15, 0.2) is 6.29 Å². The summed E-state index contributed by atoms with van der Waals surface area (Å²) in [6.45, 7) is 1.44. The lowest BCUT2D eigenvalue weighted by molar-refractivity contribution is -0.0647. The molecule has 1 aliphatic heterocycles. The molecule has 1 heterocycles. The molecule has 1 aromatic rings. The molecule has 2 rings (SSSR count). The Morgan fingerprint density at radius 2 is 1.67 bits per heavy atom. The second-order valence-corrected chi connectivity index (χ2v) is 6.15. The molecule has 0 N–H and O–H groups in total. The second kappa shape index (κ2) is 5.92. The molecular formula is C13H15NO6S. The van der Waals surface area contributed by atoms with E-state index in [0.717, 1.165) is 11.2 Å². The van der Waals surface area contributed by atoms with Gasteiger partial charge in [0.25, 0.3) is 21.9 Å². The molecule has 1 atom stereocenters. The van der Waals surface area contributed by atoms with E-state index in [1.807, 2.05) is 0 Å². The standard InChI is InChI=1S/C13H15NO6S/c1-9(20-21(2,17)18)19-8-7-14-12(15)10-5-3-4-6-11(10)13(14)16/h3-6,9H,7-8H2,1-2H3. The van der Waals surface area contributed by atoms with Gasteiger partial charge < -0.3 is 4.74 Å². The van der Waals surface area contributed by atoms with E-state index in [2.05, 4.69) is 4.18 Å². The summed E-state index contributed by atoms with van der Waals surface area (Å²) in [6.07, 6.45) is -0.0630. The van der Waals surface area contributed by atoms with Gasteiger partial charge in [-0.05, 0) is 19.1 Å². The van der Waals surface area contributed by atoms with Crippen molar-refractivity contribution in [2.45, 2.75) is 13.2 Å². The van der Waals surface area contributed by atoms with Gasteiger partial charge in [-0.1, -0.05) is 12.1 Å². The minimum absolute atomic E-state index is 0.0118. The van der Waals surface area contributed by atoms with E-state index in [1.165, 1.54) is 6.92 Å². The number of carbonyl (C=O) groups excluding carboxylic acids is 2. The molecule has 0 saturated carbocycles. The maximum Gasteiger partial charge on any atom is 0.266 e. The fourth-order valence-corrected chi connectivity index (χ4v) is 2.57. The Morgan fingerprint density at radius 1 is 1.14 bits per heavy atom. The van der Waals surface area contributed by atoms with Crippen LogP contribution in [0.25, 0.3) is 0 Å². The van der Waals surface area contributed by atoms with Gasteiger partial charge in [-0.2, -0.15) is 8.42 Å². The highest BCUT2D eigenvalue weighted by Gasteiger charge is 2.34. The van der Waals surface area contributed by atoms with Gasteiger partial charge in [0.2, 0.25) is 0 Å². The molecule has 0 aromatic heterocycles. The monoisotopic (exact) mass is 313 g/mol. The highest BCUT2D eigenvalue weighted by Crippen LogP contribution is 2.21. The first-order valence-corrected chi connectivity index (χ1v) is 8.06. The molecule has 7 nitrogen and oxygen atoms in total. The van der Waals surface area contributed by atoms with E-state index in [9.17, 15) is 18.0 Å². The van der Waals surface area contributed by atoms with E-state index < -0.39 is 16.4 Å². The van der Waals surface area contributed by atoms with Crippen LogP contribution in [0, 0.1) is 0 Å². The van der Waals surface area contributed by atoms with Gasteiger partial charge in [-0.25, -0.2) is 4.18 Å². The molecule has 0 aliphatic carbocycles. The number of benzene rings is 1. The minimum atomic E-state index is -3.61. The number of fused-ring (bicyclic) bond motifs is 1. The van der Waals surface area contributed by atoms with Crippen LogP contribution >= 0.6 is 0 Å². The predicted octanol–water partition coefficient (Wildman–Crippen LogP) is 0.621. The van der Waals surface area contributed by atoms with E-state index in [1.54, 1.807) is 24.3 Å². The zero-order chi connectivity index (χ0) is 15.6. The largest absolute Gasteiger partial charge is 0.350 e. The topological polar surface area (TPSA) is 90.0 Å².